The Morgan fingerprint density at radius 3 is 2.42 bits per heavy atom. The molecule has 33 heavy (non-hydrogen) atoms. The minimum Gasteiger partial charge on any atom is -0.493 e. The van der Waals surface area contributed by atoms with E-state index >= 15 is 0 Å². The van der Waals surface area contributed by atoms with Gasteiger partial charge in [0, 0.05) is 43.8 Å². The molecular weight excluding hydrogens is 412 g/mol. The smallest absolute Gasteiger partial charge is 0.161 e. The Labute approximate surface area is 197 Å². The SMILES string of the molecule is COc1ccc(CNCC2CCC(Nc3cc(N(C)C)c4ccccc4n3)CC2)cc1OC. The zero-order valence-electron chi connectivity index (χ0n) is 20.2. The molecule has 0 radical (unpaired) electrons. The van der Waals surface area contributed by atoms with Gasteiger partial charge in [-0.25, -0.2) is 4.98 Å². The van der Waals surface area contributed by atoms with Crippen LogP contribution in [0.15, 0.2) is 48.5 Å². The molecule has 1 aliphatic rings. The standard InChI is InChI=1S/C27H36N4O2/c1-31(2)24-16-27(30-23-8-6-5-7-22(23)24)29-21-12-9-19(10-13-21)17-28-18-20-11-14-25(32-3)26(15-20)33-4/h5-8,11,14-16,19,21,28H,9-10,12-13,17-18H2,1-4H3,(H,29,30). The van der Waals surface area contributed by atoms with Gasteiger partial charge in [0.1, 0.15) is 5.82 Å². The van der Waals surface area contributed by atoms with Crippen molar-refractivity contribution in [3.8, 4) is 11.5 Å². The molecule has 2 N–H and O–H groups in total. The molecule has 3 aromatic rings. The van der Waals surface area contributed by atoms with Crippen LogP contribution >= 0.6 is 0 Å². The van der Waals surface area contributed by atoms with Gasteiger partial charge >= 0.3 is 0 Å². The average Bonchev–Trinajstić information content (AvgIpc) is 2.84. The Morgan fingerprint density at radius 2 is 1.70 bits per heavy atom. The first-order chi connectivity index (χ1) is 16.1. The summed E-state index contributed by atoms with van der Waals surface area (Å²) in [5, 5.41) is 8.53. The van der Waals surface area contributed by atoms with Crippen LogP contribution in [-0.2, 0) is 6.54 Å². The van der Waals surface area contributed by atoms with E-state index in [2.05, 4.69) is 66.0 Å². The zero-order chi connectivity index (χ0) is 23.2. The number of hydrogen-bond acceptors (Lipinski definition) is 6. The van der Waals surface area contributed by atoms with E-state index in [-0.39, 0.29) is 0 Å². The highest BCUT2D eigenvalue weighted by atomic mass is 16.5. The predicted octanol–water partition coefficient (Wildman–Crippen LogP) is 5.08. The lowest BCUT2D eigenvalue weighted by molar-refractivity contribution is 0.324. The fourth-order valence-electron chi connectivity index (χ4n) is 4.73. The van der Waals surface area contributed by atoms with Crippen LogP contribution in [0.25, 0.3) is 10.9 Å². The molecule has 1 aromatic heterocycles. The summed E-state index contributed by atoms with van der Waals surface area (Å²) >= 11 is 0. The van der Waals surface area contributed by atoms with E-state index in [0.717, 1.165) is 35.9 Å². The molecule has 1 saturated carbocycles. The van der Waals surface area contributed by atoms with Crippen LogP contribution in [0.2, 0.25) is 0 Å². The van der Waals surface area contributed by atoms with Crippen LogP contribution in [0.3, 0.4) is 0 Å². The van der Waals surface area contributed by atoms with Crippen molar-refractivity contribution in [1.82, 2.24) is 10.3 Å². The Bertz CT molecular complexity index is 1060. The number of anilines is 2. The number of nitrogens with one attached hydrogen (secondary N) is 2. The van der Waals surface area contributed by atoms with Crippen LogP contribution in [0, 0.1) is 5.92 Å². The highest BCUT2D eigenvalue weighted by molar-refractivity contribution is 5.93. The van der Waals surface area contributed by atoms with Gasteiger partial charge in [0.15, 0.2) is 11.5 Å². The van der Waals surface area contributed by atoms with E-state index in [1.54, 1.807) is 14.2 Å². The molecule has 1 fully saturated rings. The summed E-state index contributed by atoms with van der Waals surface area (Å²) in [7, 11) is 7.52. The minimum atomic E-state index is 0.482. The van der Waals surface area contributed by atoms with Crippen LogP contribution in [0.4, 0.5) is 11.5 Å². The molecule has 0 unspecified atom stereocenters. The van der Waals surface area contributed by atoms with Crippen molar-refractivity contribution in [2.24, 2.45) is 5.92 Å². The second kappa shape index (κ2) is 10.8. The fraction of sp³-hybridized carbons (Fsp3) is 0.444. The van der Waals surface area contributed by atoms with E-state index in [1.165, 1.54) is 42.3 Å². The van der Waals surface area contributed by atoms with Gasteiger partial charge in [0.05, 0.1) is 19.7 Å². The number of pyridine rings is 1. The molecule has 4 rings (SSSR count). The highest BCUT2D eigenvalue weighted by Gasteiger charge is 2.21. The average molecular weight is 449 g/mol. The molecule has 6 heteroatoms. The van der Waals surface area contributed by atoms with Crippen molar-refractivity contribution in [3.63, 3.8) is 0 Å². The quantitative estimate of drug-likeness (QED) is 0.476. The van der Waals surface area contributed by atoms with Crippen LogP contribution in [-0.4, -0.2) is 45.9 Å². The van der Waals surface area contributed by atoms with Gasteiger partial charge in [-0.1, -0.05) is 24.3 Å². The molecule has 0 atom stereocenters. The second-order valence-electron chi connectivity index (χ2n) is 9.12. The third kappa shape index (κ3) is 5.69. The van der Waals surface area contributed by atoms with Crippen LogP contribution in [0.5, 0.6) is 11.5 Å². The molecule has 0 spiro atoms. The summed E-state index contributed by atoms with van der Waals surface area (Å²) in [5.74, 6) is 3.24. The number of ether oxygens (including phenoxy) is 2. The van der Waals surface area contributed by atoms with E-state index in [9.17, 15) is 0 Å². The summed E-state index contributed by atoms with van der Waals surface area (Å²) in [6.07, 6.45) is 4.80. The normalized spacial score (nSPS) is 18.2. The molecule has 0 amide bonds. The maximum Gasteiger partial charge on any atom is 0.161 e. The Balaban J connectivity index is 1.27. The highest BCUT2D eigenvalue weighted by Crippen LogP contribution is 2.31. The van der Waals surface area contributed by atoms with E-state index < -0.39 is 0 Å². The molecule has 0 aliphatic heterocycles. The maximum absolute atomic E-state index is 5.41. The summed E-state index contributed by atoms with van der Waals surface area (Å²) in [6, 6.07) is 17.1. The molecule has 2 aromatic carbocycles. The number of fused-ring (bicyclic) bond motifs is 1. The van der Waals surface area contributed by atoms with Crippen molar-refractivity contribution in [2.45, 2.75) is 38.3 Å². The molecule has 0 bridgehead atoms. The van der Waals surface area contributed by atoms with Crippen molar-refractivity contribution < 1.29 is 9.47 Å². The number of benzene rings is 2. The fourth-order valence-corrected chi connectivity index (χ4v) is 4.73. The summed E-state index contributed by atoms with van der Waals surface area (Å²) in [4.78, 5) is 7.03. The summed E-state index contributed by atoms with van der Waals surface area (Å²) in [6.45, 7) is 1.88. The topological polar surface area (TPSA) is 58.7 Å². The largest absolute Gasteiger partial charge is 0.493 e. The van der Waals surface area contributed by atoms with E-state index in [0.29, 0.717) is 12.0 Å². The Morgan fingerprint density at radius 1 is 0.939 bits per heavy atom. The summed E-state index contributed by atoms with van der Waals surface area (Å²) < 4.78 is 10.7. The molecule has 176 valence electrons. The van der Waals surface area contributed by atoms with Crippen molar-refractivity contribution in [3.05, 3.63) is 54.1 Å². The monoisotopic (exact) mass is 448 g/mol. The number of aromatic nitrogens is 1. The van der Waals surface area contributed by atoms with Crippen molar-refractivity contribution in [1.29, 1.82) is 0 Å². The van der Waals surface area contributed by atoms with E-state index in [1.807, 2.05) is 12.1 Å². The number of para-hydroxylation sites is 1. The van der Waals surface area contributed by atoms with Gasteiger partial charge in [0.25, 0.3) is 0 Å². The Hall–Kier alpha value is -2.99. The molecular formula is C27H36N4O2. The van der Waals surface area contributed by atoms with Crippen molar-refractivity contribution >= 4 is 22.4 Å². The number of nitrogens with zero attached hydrogens (tertiary/aromatic N) is 2. The van der Waals surface area contributed by atoms with Gasteiger partial charge < -0.3 is 25.0 Å². The zero-order valence-corrected chi connectivity index (χ0v) is 20.2. The molecule has 0 saturated heterocycles. The first-order valence-electron chi connectivity index (χ1n) is 11.8. The first kappa shape index (κ1) is 23.2. The lowest BCUT2D eigenvalue weighted by atomic mass is 9.86. The third-order valence-corrected chi connectivity index (χ3v) is 6.58. The second-order valence-corrected chi connectivity index (χ2v) is 9.12. The predicted molar refractivity (Wildman–Crippen MR) is 137 cm³/mol. The van der Waals surface area contributed by atoms with Gasteiger partial charge in [-0.15, -0.1) is 0 Å². The van der Waals surface area contributed by atoms with Gasteiger partial charge in [-0.3, -0.25) is 0 Å². The summed E-state index contributed by atoms with van der Waals surface area (Å²) in [5.41, 5.74) is 3.46. The molecule has 1 heterocycles. The van der Waals surface area contributed by atoms with Crippen LogP contribution in [0.1, 0.15) is 31.2 Å². The number of rotatable bonds is 9. The number of methoxy groups -OCH3 is 2. The minimum absolute atomic E-state index is 0.482. The van der Waals surface area contributed by atoms with E-state index in [4.69, 9.17) is 14.5 Å². The lowest BCUT2D eigenvalue weighted by Gasteiger charge is -2.30. The maximum atomic E-state index is 5.41. The molecule has 6 nitrogen and oxygen atoms in total. The third-order valence-electron chi connectivity index (χ3n) is 6.58. The molecule has 1 aliphatic carbocycles. The Kier molecular flexibility index (Phi) is 7.55. The van der Waals surface area contributed by atoms with Crippen molar-refractivity contribution in [2.75, 3.05) is 45.1 Å². The van der Waals surface area contributed by atoms with Gasteiger partial charge in [0.2, 0.25) is 0 Å². The van der Waals surface area contributed by atoms with Crippen LogP contribution < -0.4 is 25.0 Å². The first-order valence-corrected chi connectivity index (χ1v) is 11.8. The number of hydrogen-bond donors (Lipinski definition) is 2. The lowest BCUT2D eigenvalue weighted by Crippen LogP contribution is -2.31. The van der Waals surface area contributed by atoms with Gasteiger partial charge in [-0.2, -0.15) is 0 Å². The van der Waals surface area contributed by atoms with Gasteiger partial charge in [-0.05, 0) is 61.9 Å².